The third-order valence-corrected chi connectivity index (χ3v) is 4.18. The van der Waals surface area contributed by atoms with Crippen molar-refractivity contribution < 1.29 is 5.11 Å². The van der Waals surface area contributed by atoms with Gasteiger partial charge in [0.25, 0.3) is 0 Å². The average Bonchev–Trinajstić information content (AvgIpc) is 3.02. The fourth-order valence-electron chi connectivity index (χ4n) is 3.17. The maximum Gasteiger partial charge on any atom is 0.0820 e. The molecule has 0 radical (unpaired) electrons. The molecule has 1 aromatic carbocycles. The van der Waals surface area contributed by atoms with Gasteiger partial charge in [0.2, 0.25) is 0 Å². The second-order valence-electron chi connectivity index (χ2n) is 5.45. The number of hydrogen-bond donors (Lipinski definition) is 1. The summed E-state index contributed by atoms with van der Waals surface area (Å²) in [6.45, 7) is 1.88. The summed E-state index contributed by atoms with van der Waals surface area (Å²) in [5.74, 6) is 1.08. The van der Waals surface area contributed by atoms with Gasteiger partial charge in [-0.05, 0) is 37.3 Å². The van der Waals surface area contributed by atoms with E-state index in [0.717, 1.165) is 25.9 Å². The summed E-state index contributed by atoms with van der Waals surface area (Å²) in [6, 6.07) is 10.6. The lowest BCUT2D eigenvalue weighted by Gasteiger charge is -2.22. The quantitative estimate of drug-likeness (QED) is 0.817. The summed E-state index contributed by atoms with van der Waals surface area (Å²) in [5.41, 5.74) is 0.977. The Balaban J connectivity index is 1.72. The van der Waals surface area contributed by atoms with Crippen LogP contribution in [0.25, 0.3) is 0 Å². The number of aliphatic hydroxyl groups is 1. The molecule has 1 aliphatic carbocycles. The Morgan fingerprint density at radius 3 is 2.69 bits per heavy atom. The van der Waals surface area contributed by atoms with E-state index < -0.39 is 5.60 Å². The molecule has 2 heteroatoms. The molecule has 0 amide bonds. The first-order valence-corrected chi connectivity index (χ1v) is 6.15. The van der Waals surface area contributed by atoms with Gasteiger partial charge in [0.1, 0.15) is 0 Å². The number of benzene rings is 1. The lowest BCUT2D eigenvalue weighted by Crippen LogP contribution is -2.34. The summed E-state index contributed by atoms with van der Waals surface area (Å²) in [7, 11) is 2.10. The Morgan fingerprint density at radius 1 is 1.31 bits per heavy atom. The van der Waals surface area contributed by atoms with Crippen LogP contribution in [-0.2, 0) is 0 Å². The smallest absolute Gasteiger partial charge is 0.0820 e. The van der Waals surface area contributed by atoms with Crippen LogP contribution in [0.5, 0.6) is 0 Å². The molecule has 1 heterocycles. The molecule has 3 atom stereocenters. The van der Waals surface area contributed by atoms with Crippen molar-refractivity contribution in [2.75, 3.05) is 20.1 Å². The van der Waals surface area contributed by atoms with Crippen LogP contribution in [0.2, 0.25) is 0 Å². The first-order chi connectivity index (χ1) is 7.69. The van der Waals surface area contributed by atoms with Gasteiger partial charge < -0.3 is 10.0 Å². The van der Waals surface area contributed by atoms with Crippen LogP contribution in [-0.4, -0.2) is 35.7 Å². The van der Waals surface area contributed by atoms with Crippen molar-refractivity contribution in [2.45, 2.75) is 24.4 Å². The molecule has 86 valence electrons. The maximum absolute atomic E-state index is 10.6. The van der Waals surface area contributed by atoms with E-state index in [9.17, 15) is 5.11 Å². The fourth-order valence-corrected chi connectivity index (χ4v) is 3.17. The Kier molecular flexibility index (Phi) is 2.30. The average molecular weight is 217 g/mol. The highest BCUT2D eigenvalue weighted by atomic mass is 16.3. The molecule has 1 saturated carbocycles. The van der Waals surface area contributed by atoms with Gasteiger partial charge in [-0.2, -0.15) is 0 Å². The molecule has 2 fully saturated rings. The van der Waals surface area contributed by atoms with E-state index in [1.165, 1.54) is 5.56 Å². The molecule has 0 spiro atoms. The lowest BCUT2D eigenvalue weighted by atomic mass is 9.93. The first kappa shape index (κ1) is 10.3. The molecule has 1 saturated heterocycles. The van der Waals surface area contributed by atoms with Gasteiger partial charge in [0.05, 0.1) is 5.60 Å². The minimum Gasteiger partial charge on any atom is -0.388 e. The fraction of sp³-hybridized carbons (Fsp3) is 0.571. The molecule has 16 heavy (non-hydrogen) atoms. The van der Waals surface area contributed by atoms with Crippen LogP contribution < -0.4 is 0 Å². The molecular weight excluding hydrogens is 198 g/mol. The van der Waals surface area contributed by atoms with Crippen LogP contribution in [0.3, 0.4) is 0 Å². The molecule has 3 unspecified atom stereocenters. The van der Waals surface area contributed by atoms with Crippen molar-refractivity contribution in [3.05, 3.63) is 35.9 Å². The second-order valence-corrected chi connectivity index (χ2v) is 5.45. The Hall–Kier alpha value is -0.860. The number of likely N-dealkylation sites (N-methyl/N-ethyl adjacent to an activating group) is 1. The van der Waals surface area contributed by atoms with Crippen molar-refractivity contribution in [2.24, 2.45) is 5.92 Å². The normalized spacial score (nSPS) is 38.9. The van der Waals surface area contributed by atoms with Gasteiger partial charge in [0, 0.05) is 13.1 Å². The molecule has 0 aromatic heterocycles. The Labute approximate surface area is 96.9 Å². The molecule has 3 rings (SSSR count). The van der Waals surface area contributed by atoms with E-state index in [4.69, 9.17) is 0 Å². The van der Waals surface area contributed by atoms with E-state index in [1.807, 2.05) is 0 Å². The standard InChI is InChI=1S/C14H19NO/c1-15-8-7-14(16,10-15)13-9-12(13)11-5-3-2-4-6-11/h2-6,12-13,16H,7-10H2,1H3. The van der Waals surface area contributed by atoms with Gasteiger partial charge in [-0.1, -0.05) is 30.3 Å². The van der Waals surface area contributed by atoms with Gasteiger partial charge in [-0.3, -0.25) is 0 Å². The topological polar surface area (TPSA) is 23.5 Å². The molecule has 1 aliphatic heterocycles. The molecule has 2 aliphatic rings. The number of nitrogens with zero attached hydrogens (tertiary/aromatic N) is 1. The largest absolute Gasteiger partial charge is 0.388 e. The SMILES string of the molecule is CN1CCC(O)(C2CC2c2ccccc2)C1. The minimum atomic E-state index is -0.421. The monoisotopic (exact) mass is 217 g/mol. The van der Waals surface area contributed by atoms with E-state index in [-0.39, 0.29) is 0 Å². The summed E-state index contributed by atoms with van der Waals surface area (Å²) < 4.78 is 0. The summed E-state index contributed by atoms with van der Waals surface area (Å²) >= 11 is 0. The van der Waals surface area contributed by atoms with E-state index in [1.54, 1.807) is 0 Å². The second kappa shape index (κ2) is 3.57. The lowest BCUT2D eigenvalue weighted by molar-refractivity contribution is 0.0274. The summed E-state index contributed by atoms with van der Waals surface area (Å²) in [5, 5.41) is 10.6. The zero-order chi connectivity index (χ0) is 11.2. The minimum absolute atomic E-state index is 0.421. The third kappa shape index (κ3) is 1.66. The number of likely N-dealkylation sites (tertiary alicyclic amines) is 1. The van der Waals surface area contributed by atoms with Crippen LogP contribution in [0.1, 0.15) is 24.3 Å². The van der Waals surface area contributed by atoms with Crippen molar-refractivity contribution in [1.29, 1.82) is 0 Å². The van der Waals surface area contributed by atoms with E-state index in [2.05, 4.69) is 42.3 Å². The van der Waals surface area contributed by atoms with Crippen molar-refractivity contribution in [3.63, 3.8) is 0 Å². The summed E-state index contributed by atoms with van der Waals surface area (Å²) in [4.78, 5) is 2.24. The summed E-state index contributed by atoms with van der Waals surface area (Å²) in [6.07, 6.45) is 2.10. The maximum atomic E-state index is 10.6. The van der Waals surface area contributed by atoms with Gasteiger partial charge >= 0.3 is 0 Å². The number of β-amino-alcohol motifs (C(OH)–C–C–N with tert-alkyl or cyclic N) is 1. The van der Waals surface area contributed by atoms with Crippen LogP contribution in [0, 0.1) is 5.92 Å². The van der Waals surface area contributed by atoms with Crippen LogP contribution in [0.15, 0.2) is 30.3 Å². The molecule has 2 nitrogen and oxygen atoms in total. The van der Waals surface area contributed by atoms with Crippen molar-refractivity contribution >= 4 is 0 Å². The Morgan fingerprint density at radius 2 is 2.06 bits per heavy atom. The Bertz CT molecular complexity index is 378. The molecule has 1 aromatic rings. The van der Waals surface area contributed by atoms with Gasteiger partial charge in [-0.15, -0.1) is 0 Å². The molecule has 0 bridgehead atoms. The first-order valence-electron chi connectivity index (χ1n) is 6.15. The van der Waals surface area contributed by atoms with E-state index >= 15 is 0 Å². The van der Waals surface area contributed by atoms with E-state index in [0.29, 0.717) is 11.8 Å². The van der Waals surface area contributed by atoms with Crippen LogP contribution >= 0.6 is 0 Å². The zero-order valence-electron chi connectivity index (χ0n) is 9.76. The van der Waals surface area contributed by atoms with Crippen molar-refractivity contribution in [1.82, 2.24) is 4.90 Å². The predicted molar refractivity (Wildman–Crippen MR) is 64.4 cm³/mol. The predicted octanol–water partition coefficient (Wildman–Crippen LogP) is 1.86. The van der Waals surface area contributed by atoms with Gasteiger partial charge in [0.15, 0.2) is 0 Å². The molecule has 1 N–H and O–H groups in total. The highest BCUT2D eigenvalue weighted by Gasteiger charge is 2.54. The number of rotatable bonds is 2. The van der Waals surface area contributed by atoms with Gasteiger partial charge in [-0.25, -0.2) is 0 Å². The number of hydrogen-bond acceptors (Lipinski definition) is 2. The van der Waals surface area contributed by atoms with Crippen molar-refractivity contribution in [3.8, 4) is 0 Å². The highest BCUT2D eigenvalue weighted by molar-refractivity contribution is 5.28. The molecular formula is C14H19NO. The van der Waals surface area contributed by atoms with Crippen LogP contribution in [0.4, 0.5) is 0 Å². The zero-order valence-corrected chi connectivity index (χ0v) is 9.76. The highest BCUT2D eigenvalue weighted by Crippen LogP contribution is 2.55. The third-order valence-electron chi connectivity index (χ3n) is 4.18.